The molecule has 0 aromatic rings. The Kier molecular flexibility index (Phi) is 5.04. The standard InChI is InChI=1S/C7H12IN/c1-6(2)4-3-5-7(8)9/h4,9H,3,5H2,1-2H3. The zero-order chi connectivity index (χ0) is 7.28. The highest BCUT2D eigenvalue weighted by molar-refractivity contribution is 14.1. The summed E-state index contributed by atoms with van der Waals surface area (Å²) in [5, 5.41) is 7.10. The van der Waals surface area contributed by atoms with Crippen LogP contribution in [0.3, 0.4) is 0 Å². The summed E-state index contributed by atoms with van der Waals surface area (Å²) >= 11 is 2.04. The molecule has 0 heterocycles. The maximum Gasteiger partial charge on any atom is 0.0697 e. The van der Waals surface area contributed by atoms with Crippen molar-refractivity contribution in [3.63, 3.8) is 0 Å². The Balaban J connectivity index is 3.31. The fourth-order valence-corrected chi connectivity index (χ4v) is 0.799. The second-order valence-electron chi connectivity index (χ2n) is 2.23. The minimum Gasteiger partial charge on any atom is -0.299 e. The van der Waals surface area contributed by atoms with Crippen molar-refractivity contribution >= 4 is 26.3 Å². The van der Waals surface area contributed by atoms with E-state index in [1.54, 1.807) is 0 Å². The van der Waals surface area contributed by atoms with Crippen LogP contribution in [0.15, 0.2) is 11.6 Å². The Labute approximate surface area is 70.2 Å². The quantitative estimate of drug-likeness (QED) is 0.443. The van der Waals surface area contributed by atoms with Crippen LogP contribution in [0.5, 0.6) is 0 Å². The number of hydrogen-bond acceptors (Lipinski definition) is 1. The Morgan fingerprint density at radius 2 is 2.11 bits per heavy atom. The molecule has 1 nitrogen and oxygen atoms in total. The lowest BCUT2D eigenvalue weighted by molar-refractivity contribution is 1.08. The van der Waals surface area contributed by atoms with E-state index in [4.69, 9.17) is 5.41 Å². The third kappa shape index (κ3) is 8.14. The lowest BCUT2D eigenvalue weighted by Gasteiger charge is -1.90. The van der Waals surface area contributed by atoms with E-state index in [1.807, 2.05) is 22.6 Å². The van der Waals surface area contributed by atoms with Gasteiger partial charge >= 0.3 is 0 Å². The molecule has 0 aromatic heterocycles. The third-order valence-electron chi connectivity index (χ3n) is 0.916. The van der Waals surface area contributed by atoms with Gasteiger partial charge in [0, 0.05) is 0 Å². The van der Waals surface area contributed by atoms with Crippen LogP contribution in [-0.4, -0.2) is 3.72 Å². The van der Waals surface area contributed by atoms with Crippen molar-refractivity contribution in [2.75, 3.05) is 0 Å². The normalized spacial score (nSPS) is 8.78. The van der Waals surface area contributed by atoms with E-state index in [9.17, 15) is 0 Å². The molecule has 1 N–H and O–H groups in total. The Morgan fingerprint density at radius 1 is 1.56 bits per heavy atom. The average molecular weight is 237 g/mol. The van der Waals surface area contributed by atoms with Crippen LogP contribution in [0, 0.1) is 5.41 Å². The second kappa shape index (κ2) is 4.97. The Morgan fingerprint density at radius 3 is 2.44 bits per heavy atom. The lowest BCUT2D eigenvalue weighted by atomic mass is 10.2. The summed E-state index contributed by atoms with van der Waals surface area (Å²) in [5.41, 5.74) is 1.34. The summed E-state index contributed by atoms with van der Waals surface area (Å²) in [4.78, 5) is 0. The van der Waals surface area contributed by atoms with Crippen molar-refractivity contribution < 1.29 is 0 Å². The smallest absolute Gasteiger partial charge is 0.0697 e. The fourth-order valence-electron chi connectivity index (χ4n) is 0.488. The summed E-state index contributed by atoms with van der Waals surface area (Å²) in [5.74, 6) is 0. The lowest BCUT2D eigenvalue weighted by Crippen LogP contribution is -1.80. The number of hydrogen-bond donors (Lipinski definition) is 1. The molecule has 0 aliphatic rings. The highest BCUT2D eigenvalue weighted by Crippen LogP contribution is 2.01. The summed E-state index contributed by atoms with van der Waals surface area (Å²) in [7, 11) is 0. The van der Waals surface area contributed by atoms with Gasteiger partial charge in [-0.2, -0.15) is 0 Å². The van der Waals surface area contributed by atoms with Crippen LogP contribution >= 0.6 is 22.6 Å². The van der Waals surface area contributed by atoms with Crippen LogP contribution < -0.4 is 0 Å². The molecule has 0 saturated carbocycles. The van der Waals surface area contributed by atoms with Crippen molar-refractivity contribution in [2.24, 2.45) is 0 Å². The molecule has 0 aliphatic carbocycles. The first kappa shape index (κ1) is 9.14. The molecular formula is C7H12IN. The first-order valence-corrected chi connectivity index (χ1v) is 4.07. The molecule has 52 valence electrons. The van der Waals surface area contributed by atoms with Gasteiger partial charge in [0.1, 0.15) is 0 Å². The highest BCUT2D eigenvalue weighted by Gasteiger charge is 1.86. The van der Waals surface area contributed by atoms with E-state index in [1.165, 1.54) is 5.57 Å². The zero-order valence-corrected chi connectivity index (χ0v) is 8.03. The Bertz CT molecular complexity index is 123. The minimum absolute atomic E-state index is 0.741. The van der Waals surface area contributed by atoms with Gasteiger partial charge in [-0.05, 0) is 49.3 Å². The van der Waals surface area contributed by atoms with Gasteiger partial charge in [0.05, 0.1) is 3.72 Å². The third-order valence-corrected chi connectivity index (χ3v) is 1.46. The molecule has 0 unspecified atom stereocenters. The molecule has 0 aliphatic heterocycles. The SMILES string of the molecule is CC(C)=CCCC(=N)I. The van der Waals surface area contributed by atoms with Crippen LogP contribution in [0.4, 0.5) is 0 Å². The average Bonchev–Trinajstić information content (AvgIpc) is 1.63. The first-order chi connectivity index (χ1) is 4.13. The summed E-state index contributed by atoms with van der Waals surface area (Å²) in [6.07, 6.45) is 4.07. The van der Waals surface area contributed by atoms with Crippen LogP contribution in [0.1, 0.15) is 26.7 Å². The topological polar surface area (TPSA) is 23.9 Å². The molecule has 0 amide bonds. The molecule has 0 fully saturated rings. The molecule has 0 rings (SSSR count). The summed E-state index contributed by atoms with van der Waals surface area (Å²) in [6.45, 7) is 4.16. The zero-order valence-electron chi connectivity index (χ0n) is 5.87. The number of allylic oxidation sites excluding steroid dienone is 2. The largest absolute Gasteiger partial charge is 0.299 e. The first-order valence-electron chi connectivity index (χ1n) is 2.99. The van der Waals surface area contributed by atoms with Crippen molar-refractivity contribution in [1.29, 1.82) is 5.41 Å². The number of halogens is 1. The van der Waals surface area contributed by atoms with Crippen molar-refractivity contribution in [3.8, 4) is 0 Å². The predicted octanol–water partition coefficient (Wildman–Crippen LogP) is 3.15. The summed E-state index contributed by atoms with van der Waals surface area (Å²) < 4.78 is 0.741. The second-order valence-corrected chi connectivity index (χ2v) is 3.53. The number of nitrogens with one attached hydrogen (secondary N) is 1. The van der Waals surface area contributed by atoms with Gasteiger partial charge in [-0.25, -0.2) is 0 Å². The van der Waals surface area contributed by atoms with Crippen LogP contribution in [0.25, 0.3) is 0 Å². The van der Waals surface area contributed by atoms with E-state index in [0.29, 0.717) is 0 Å². The van der Waals surface area contributed by atoms with Crippen molar-refractivity contribution in [3.05, 3.63) is 11.6 Å². The molecule has 0 saturated heterocycles. The summed E-state index contributed by atoms with van der Waals surface area (Å²) in [6, 6.07) is 0. The van der Waals surface area contributed by atoms with Crippen LogP contribution in [-0.2, 0) is 0 Å². The molecule has 0 aromatic carbocycles. The maximum absolute atomic E-state index is 7.10. The van der Waals surface area contributed by atoms with Gasteiger partial charge < -0.3 is 0 Å². The maximum atomic E-state index is 7.10. The molecule has 9 heavy (non-hydrogen) atoms. The van der Waals surface area contributed by atoms with Gasteiger partial charge in [-0.15, -0.1) is 0 Å². The van der Waals surface area contributed by atoms with E-state index in [2.05, 4.69) is 19.9 Å². The monoisotopic (exact) mass is 237 g/mol. The molecule has 0 spiro atoms. The molecule has 0 bridgehead atoms. The van der Waals surface area contributed by atoms with Gasteiger partial charge in [-0.1, -0.05) is 11.6 Å². The highest BCUT2D eigenvalue weighted by atomic mass is 127. The fraction of sp³-hybridized carbons (Fsp3) is 0.571. The van der Waals surface area contributed by atoms with E-state index < -0.39 is 0 Å². The molecular weight excluding hydrogens is 225 g/mol. The van der Waals surface area contributed by atoms with Crippen molar-refractivity contribution in [2.45, 2.75) is 26.7 Å². The van der Waals surface area contributed by atoms with E-state index in [-0.39, 0.29) is 0 Å². The number of rotatable bonds is 3. The van der Waals surface area contributed by atoms with E-state index >= 15 is 0 Å². The van der Waals surface area contributed by atoms with Gasteiger partial charge in [0.2, 0.25) is 0 Å². The Hall–Kier alpha value is 0.140. The van der Waals surface area contributed by atoms with Gasteiger partial charge in [0.25, 0.3) is 0 Å². The van der Waals surface area contributed by atoms with Gasteiger partial charge in [0.15, 0.2) is 0 Å². The molecule has 2 heteroatoms. The van der Waals surface area contributed by atoms with E-state index in [0.717, 1.165) is 16.6 Å². The molecule has 0 radical (unpaired) electrons. The van der Waals surface area contributed by atoms with Gasteiger partial charge in [-0.3, -0.25) is 5.41 Å². The van der Waals surface area contributed by atoms with Crippen molar-refractivity contribution in [1.82, 2.24) is 0 Å². The molecule has 0 atom stereocenters. The predicted molar refractivity (Wildman–Crippen MR) is 50.4 cm³/mol. The minimum atomic E-state index is 0.741. The van der Waals surface area contributed by atoms with Crippen LogP contribution in [0.2, 0.25) is 0 Å².